The number of allylic oxidation sites excluding steroid dienone is 6. The summed E-state index contributed by atoms with van der Waals surface area (Å²) in [5.41, 5.74) is 0. The molecule has 0 aliphatic heterocycles. The van der Waals surface area contributed by atoms with Gasteiger partial charge >= 0.3 is 0 Å². The Labute approximate surface area is 62.9 Å². The zero-order chi connectivity index (χ0) is 7.07. The van der Waals surface area contributed by atoms with Crippen molar-refractivity contribution in [3.8, 4) is 0 Å². The first kappa shape index (κ1) is 7.33. The quantitative estimate of drug-likeness (QED) is 0.446. The Morgan fingerprint density at radius 1 is 0.500 bits per heavy atom. The molecule has 0 nitrogen and oxygen atoms in total. The molecule has 0 heterocycles. The van der Waals surface area contributed by atoms with Crippen LogP contribution in [0.4, 0.5) is 0 Å². The van der Waals surface area contributed by atoms with Crippen molar-refractivity contribution in [2.45, 2.75) is 25.7 Å². The van der Waals surface area contributed by atoms with Crippen molar-refractivity contribution in [1.29, 1.82) is 0 Å². The maximum Gasteiger partial charge on any atom is -0.0169 e. The minimum Gasteiger partial charge on any atom is -0.0879 e. The van der Waals surface area contributed by atoms with Crippen LogP contribution < -0.4 is 0 Å². The smallest absolute Gasteiger partial charge is 0.0169 e. The predicted molar refractivity (Wildman–Crippen MR) is 45.9 cm³/mol. The highest BCUT2D eigenvalue weighted by atomic mass is 13.9. The lowest BCUT2D eigenvalue weighted by Crippen LogP contribution is -1.68. The summed E-state index contributed by atoms with van der Waals surface area (Å²) in [6.07, 6.45) is 18.0. The Morgan fingerprint density at radius 2 is 0.900 bits per heavy atom. The molecule has 1 aliphatic carbocycles. The van der Waals surface area contributed by atoms with Crippen molar-refractivity contribution in [3.05, 3.63) is 36.5 Å². The van der Waals surface area contributed by atoms with Crippen LogP contribution in [0.2, 0.25) is 0 Å². The molecule has 0 saturated carbocycles. The molecule has 0 unspecified atom stereocenters. The molecule has 0 atom stereocenters. The largest absolute Gasteiger partial charge is 0.0879 e. The van der Waals surface area contributed by atoms with E-state index in [0.717, 1.165) is 12.8 Å². The van der Waals surface area contributed by atoms with Crippen molar-refractivity contribution >= 4 is 0 Å². The minimum atomic E-state index is 1.10. The molecule has 0 N–H and O–H groups in total. The molecule has 0 heteroatoms. The Kier molecular flexibility index (Phi) is 3.69. The second-order valence-corrected chi connectivity index (χ2v) is 2.46. The summed E-state index contributed by atoms with van der Waals surface area (Å²) in [5.74, 6) is 0. The van der Waals surface area contributed by atoms with Gasteiger partial charge in [-0.2, -0.15) is 0 Å². The monoisotopic (exact) mass is 134 g/mol. The van der Waals surface area contributed by atoms with Crippen LogP contribution in [0.5, 0.6) is 0 Å². The third-order valence-corrected chi connectivity index (χ3v) is 1.54. The molecular formula is C10H14. The molecule has 0 radical (unpaired) electrons. The van der Waals surface area contributed by atoms with Crippen molar-refractivity contribution < 1.29 is 0 Å². The molecule has 0 fully saturated rings. The molecule has 0 spiro atoms. The van der Waals surface area contributed by atoms with E-state index in [1.54, 1.807) is 0 Å². The highest BCUT2D eigenvalue weighted by Crippen LogP contribution is 1.99. The molecular weight excluding hydrogens is 120 g/mol. The molecule has 0 aromatic carbocycles. The Hall–Kier alpha value is -0.780. The average Bonchev–Trinajstić information content (AvgIpc) is 2.01. The van der Waals surface area contributed by atoms with Crippen LogP contribution in [-0.2, 0) is 0 Å². The van der Waals surface area contributed by atoms with Gasteiger partial charge in [0.05, 0.1) is 0 Å². The maximum atomic E-state index is 2.25. The fourth-order valence-corrected chi connectivity index (χ4v) is 0.970. The molecule has 1 rings (SSSR count). The summed E-state index contributed by atoms with van der Waals surface area (Å²) in [5, 5.41) is 0. The third kappa shape index (κ3) is 3.29. The van der Waals surface area contributed by atoms with E-state index in [4.69, 9.17) is 0 Å². The van der Waals surface area contributed by atoms with Crippen LogP contribution in [0.15, 0.2) is 36.5 Å². The molecule has 0 aromatic heterocycles. The molecule has 54 valence electrons. The normalized spacial score (nSPS) is 25.6. The van der Waals surface area contributed by atoms with Gasteiger partial charge < -0.3 is 0 Å². The van der Waals surface area contributed by atoms with Gasteiger partial charge in [0.15, 0.2) is 0 Å². The third-order valence-electron chi connectivity index (χ3n) is 1.54. The maximum absolute atomic E-state index is 2.25. The Bertz CT molecular complexity index is 131. The molecule has 10 heavy (non-hydrogen) atoms. The van der Waals surface area contributed by atoms with E-state index in [1.165, 1.54) is 12.8 Å². The summed E-state index contributed by atoms with van der Waals surface area (Å²) in [6.45, 7) is 0. The topological polar surface area (TPSA) is 0 Å². The lowest BCUT2D eigenvalue weighted by atomic mass is 10.2. The zero-order valence-corrected chi connectivity index (χ0v) is 6.29. The zero-order valence-electron chi connectivity index (χ0n) is 6.29. The standard InChI is InChI=1S/C10H14/c1-2-4-6-8-10-9-7-5-3-1/h1-2,5-8H,3-4,9-10H2/b2-1?,7-5+,8-6+. The first-order valence-electron chi connectivity index (χ1n) is 3.95. The highest BCUT2D eigenvalue weighted by molar-refractivity contribution is 4.99. The van der Waals surface area contributed by atoms with E-state index < -0.39 is 0 Å². The first-order valence-corrected chi connectivity index (χ1v) is 3.95. The highest BCUT2D eigenvalue weighted by Gasteiger charge is 1.79. The van der Waals surface area contributed by atoms with Gasteiger partial charge in [-0.3, -0.25) is 0 Å². The van der Waals surface area contributed by atoms with Gasteiger partial charge in [0.2, 0.25) is 0 Å². The van der Waals surface area contributed by atoms with Gasteiger partial charge in [-0.15, -0.1) is 0 Å². The Morgan fingerprint density at radius 3 is 1.40 bits per heavy atom. The van der Waals surface area contributed by atoms with Crippen LogP contribution in [0, 0.1) is 0 Å². The second-order valence-electron chi connectivity index (χ2n) is 2.46. The molecule has 0 saturated heterocycles. The van der Waals surface area contributed by atoms with E-state index in [-0.39, 0.29) is 0 Å². The average molecular weight is 134 g/mol. The number of rotatable bonds is 0. The molecule has 0 aromatic rings. The minimum absolute atomic E-state index is 1.10. The van der Waals surface area contributed by atoms with Gasteiger partial charge in [-0.1, -0.05) is 36.5 Å². The summed E-state index contributed by atoms with van der Waals surface area (Å²) >= 11 is 0. The van der Waals surface area contributed by atoms with Gasteiger partial charge in [-0.05, 0) is 25.7 Å². The van der Waals surface area contributed by atoms with Gasteiger partial charge in [-0.25, -0.2) is 0 Å². The number of hydrogen-bond acceptors (Lipinski definition) is 0. The fraction of sp³-hybridized carbons (Fsp3) is 0.400. The molecule has 1 aliphatic rings. The summed E-state index contributed by atoms with van der Waals surface area (Å²) in [4.78, 5) is 0. The molecule has 0 amide bonds. The second kappa shape index (κ2) is 5.04. The fourth-order valence-electron chi connectivity index (χ4n) is 0.970. The van der Waals surface area contributed by atoms with Crippen LogP contribution in [-0.4, -0.2) is 0 Å². The van der Waals surface area contributed by atoms with E-state index in [9.17, 15) is 0 Å². The van der Waals surface area contributed by atoms with Crippen LogP contribution in [0.3, 0.4) is 0 Å². The summed E-state index contributed by atoms with van der Waals surface area (Å²) < 4.78 is 0. The van der Waals surface area contributed by atoms with E-state index in [2.05, 4.69) is 36.5 Å². The number of hydrogen-bond donors (Lipinski definition) is 0. The van der Waals surface area contributed by atoms with Gasteiger partial charge in [0, 0.05) is 0 Å². The van der Waals surface area contributed by atoms with Crippen molar-refractivity contribution in [2.75, 3.05) is 0 Å². The van der Waals surface area contributed by atoms with Gasteiger partial charge in [0.25, 0.3) is 0 Å². The van der Waals surface area contributed by atoms with Crippen LogP contribution in [0.25, 0.3) is 0 Å². The first-order chi connectivity index (χ1) is 5.00. The summed E-state index contributed by atoms with van der Waals surface area (Å²) in [6, 6.07) is 0. The van der Waals surface area contributed by atoms with E-state index in [0.29, 0.717) is 0 Å². The lowest BCUT2D eigenvalue weighted by molar-refractivity contribution is 1.03. The Balaban J connectivity index is 2.38. The van der Waals surface area contributed by atoms with Crippen molar-refractivity contribution in [2.24, 2.45) is 0 Å². The SMILES string of the molecule is C1=CC/C=C/CC/C=C/C1. The van der Waals surface area contributed by atoms with Crippen LogP contribution in [0.1, 0.15) is 25.7 Å². The van der Waals surface area contributed by atoms with Gasteiger partial charge in [0.1, 0.15) is 0 Å². The summed E-state index contributed by atoms with van der Waals surface area (Å²) in [7, 11) is 0. The van der Waals surface area contributed by atoms with Crippen molar-refractivity contribution in [1.82, 2.24) is 0 Å². The molecule has 0 bridgehead atoms. The van der Waals surface area contributed by atoms with E-state index in [1.807, 2.05) is 0 Å². The van der Waals surface area contributed by atoms with Crippen LogP contribution >= 0.6 is 0 Å². The lowest BCUT2D eigenvalue weighted by Gasteiger charge is -1.89. The predicted octanol–water partition coefficient (Wildman–Crippen LogP) is 3.23. The van der Waals surface area contributed by atoms with Crippen molar-refractivity contribution in [3.63, 3.8) is 0 Å². The van der Waals surface area contributed by atoms with E-state index >= 15 is 0 Å².